The molecule has 0 aliphatic heterocycles. The molecule has 0 saturated carbocycles. The molecule has 136 valence electrons. The Kier molecular flexibility index (Phi) is 5.08. The Morgan fingerprint density at radius 2 is 2.00 bits per heavy atom. The van der Waals surface area contributed by atoms with Gasteiger partial charge in [0.15, 0.2) is 5.78 Å². The molecule has 2 N–H and O–H groups in total. The smallest absolute Gasteiger partial charge is 0.261 e. The Balaban J connectivity index is 1.83. The minimum absolute atomic E-state index is 0.0579. The van der Waals surface area contributed by atoms with E-state index in [-0.39, 0.29) is 23.3 Å². The minimum Gasteiger partial charge on any atom is -0.348 e. The summed E-state index contributed by atoms with van der Waals surface area (Å²) in [4.78, 5) is 39.8. The fraction of sp³-hybridized carbons (Fsp3) is 0.316. The molecule has 0 bridgehead atoms. The van der Waals surface area contributed by atoms with Gasteiger partial charge in [0.05, 0.1) is 0 Å². The molecule has 0 fully saturated rings. The molecule has 3 rings (SSSR count). The van der Waals surface area contributed by atoms with Gasteiger partial charge in [0.2, 0.25) is 0 Å². The first-order valence-electron chi connectivity index (χ1n) is 8.18. The van der Waals surface area contributed by atoms with Crippen LogP contribution in [0.3, 0.4) is 0 Å². The number of carbonyl (C=O) groups is 2. The van der Waals surface area contributed by atoms with Gasteiger partial charge in [-0.15, -0.1) is 0 Å². The highest BCUT2D eigenvalue weighted by Gasteiger charge is 2.32. The number of amides is 1. The van der Waals surface area contributed by atoms with E-state index in [0.29, 0.717) is 29.1 Å². The monoisotopic (exact) mass is 436 g/mol. The standard InChI is InChI=1S/C19H18BrClN2O3/c1-19(2)7-15-12(16(24)8-19)6-13(18(26)23-15)17(25)22-9-10-3-4-11(20)5-14(10)21/h3-6H,7-9H2,1-2H3,(H,22,25)(H,23,26). The quantitative estimate of drug-likeness (QED) is 0.765. The zero-order valence-corrected chi connectivity index (χ0v) is 16.8. The molecule has 1 aromatic carbocycles. The second kappa shape index (κ2) is 7.00. The average Bonchev–Trinajstić information content (AvgIpc) is 2.52. The number of carbonyl (C=O) groups excluding carboxylic acids is 2. The summed E-state index contributed by atoms with van der Waals surface area (Å²) < 4.78 is 0.838. The Morgan fingerprint density at radius 3 is 2.69 bits per heavy atom. The summed E-state index contributed by atoms with van der Waals surface area (Å²) in [7, 11) is 0. The molecule has 7 heteroatoms. The number of hydrogen-bond donors (Lipinski definition) is 2. The van der Waals surface area contributed by atoms with Gasteiger partial charge in [0.1, 0.15) is 5.56 Å². The number of ketones is 1. The molecule has 0 unspecified atom stereocenters. The molecular weight excluding hydrogens is 420 g/mol. The van der Waals surface area contributed by atoms with E-state index in [1.165, 1.54) is 6.07 Å². The van der Waals surface area contributed by atoms with Crippen LogP contribution in [0.2, 0.25) is 5.02 Å². The molecule has 0 spiro atoms. The number of hydrogen-bond acceptors (Lipinski definition) is 3. The van der Waals surface area contributed by atoms with Gasteiger partial charge in [0, 0.05) is 33.7 Å². The van der Waals surface area contributed by atoms with E-state index in [1.807, 2.05) is 19.9 Å². The van der Waals surface area contributed by atoms with E-state index in [0.717, 1.165) is 10.0 Å². The van der Waals surface area contributed by atoms with Crippen LogP contribution >= 0.6 is 27.5 Å². The summed E-state index contributed by atoms with van der Waals surface area (Å²) in [5.74, 6) is -0.594. The van der Waals surface area contributed by atoms with Crippen molar-refractivity contribution in [3.8, 4) is 0 Å². The predicted octanol–water partition coefficient (Wildman–Crippen LogP) is 3.88. The number of fused-ring (bicyclic) bond motifs is 1. The van der Waals surface area contributed by atoms with E-state index in [9.17, 15) is 14.4 Å². The number of nitrogens with one attached hydrogen (secondary N) is 2. The van der Waals surface area contributed by atoms with Crippen LogP contribution in [0.25, 0.3) is 0 Å². The molecule has 0 saturated heterocycles. The van der Waals surface area contributed by atoms with Crippen LogP contribution < -0.4 is 10.9 Å². The highest BCUT2D eigenvalue weighted by Crippen LogP contribution is 2.33. The highest BCUT2D eigenvalue weighted by atomic mass is 79.9. The molecule has 1 heterocycles. The summed E-state index contributed by atoms with van der Waals surface area (Å²) in [6, 6.07) is 6.74. The molecular formula is C19H18BrClN2O3. The summed E-state index contributed by atoms with van der Waals surface area (Å²) in [5, 5.41) is 3.19. The highest BCUT2D eigenvalue weighted by molar-refractivity contribution is 9.10. The Bertz CT molecular complexity index is 966. The third kappa shape index (κ3) is 3.91. The van der Waals surface area contributed by atoms with Crippen molar-refractivity contribution >= 4 is 39.2 Å². The summed E-state index contributed by atoms with van der Waals surface area (Å²) in [6.07, 6.45) is 0.987. The van der Waals surface area contributed by atoms with E-state index >= 15 is 0 Å². The van der Waals surface area contributed by atoms with Gasteiger partial charge in [-0.1, -0.05) is 47.4 Å². The van der Waals surface area contributed by atoms with Gasteiger partial charge in [0.25, 0.3) is 11.5 Å². The lowest BCUT2D eigenvalue weighted by atomic mass is 9.75. The van der Waals surface area contributed by atoms with Crippen molar-refractivity contribution in [2.45, 2.75) is 33.2 Å². The first kappa shape index (κ1) is 18.9. The van der Waals surface area contributed by atoms with Crippen molar-refractivity contribution in [3.05, 3.63) is 66.5 Å². The number of H-pyrrole nitrogens is 1. The number of pyridine rings is 1. The average molecular weight is 438 g/mol. The maximum absolute atomic E-state index is 12.4. The summed E-state index contributed by atoms with van der Waals surface area (Å²) >= 11 is 9.46. The van der Waals surface area contributed by atoms with Crippen LogP contribution in [0.15, 0.2) is 33.5 Å². The van der Waals surface area contributed by atoms with E-state index in [2.05, 4.69) is 26.2 Å². The third-order valence-electron chi connectivity index (χ3n) is 4.42. The lowest BCUT2D eigenvalue weighted by Gasteiger charge is -2.29. The number of rotatable bonds is 3. The molecule has 1 aromatic heterocycles. The number of benzene rings is 1. The number of Topliss-reactive ketones (excluding diaryl/α,β-unsaturated/α-hetero) is 1. The van der Waals surface area contributed by atoms with E-state index in [1.54, 1.807) is 12.1 Å². The van der Waals surface area contributed by atoms with Gasteiger partial charge < -0.3 is 10.3 Å². The van der Waals surface area contributed by atoms with Crippen molar-refractivity contribution in [2.75, 3.05) is 0 Å². The van der Waals surface area contributed by atoms with Crippen LogP contribution in [0, 0.1) is 5.41 Å². The van der Waals surface area contributed by atoms with Gasteiger partial charge in [-0.05, 0) is 35.6 Å². The van der Waals surface area contributed by atoms with Gasteiger partial charge >= 0.3 is 0 Å². The van der Waals surface area contributed by atoms with Crippen molar-refractivity contribution in [1.82, 2.24) is 10.3 Å². The Morgan fingerprint density at radius 1 is 1.27 bits per heavy atom. The molecule has 1 amide bonds. The van der Waals surface area contributed by atoms with Crippen LogP contribution in [-0.4, -0.2) is 16.7 Å². The third-order valence-corrected chi connectivity index (χ3v) is 5.26. The van der Waals surface area contributed by atoms with Crippen LogP contribution in [0.4, 0.5) is 0 Å². The maximum Gasteiger partial charge on any atom is 0.261 e. The number of halogens is 2. The van der Waals surface area contributed by atoms with Crippen LogP contribution in [0.1, 0.15) is 52.2 Å². The van der Waals surface area contributed by atoms with E-state index in [4.69, 9.17) is 11.6 Å². The van der Waals surface area contributed by atoms with Crippen LogP contribution in [-0.2, 0) is 13.0 Å². The Hall–Kier alpha value is -1.92. The zero-order chi connectivity index (χ0) is 19.1. The fourth-order valence-corrected chi connectivity index (χ4v) is 3.87. The Labute approximate surface area is 164 Å². The zero-order valence-electron chi connectivity index (χ0n) is 14.4. The first-order chi connectivity index (χ1) is 12.2. The van der Waals surface area contributed by atoms with Crippen molar-refractivity contribution in [2.24, 2.45) is 5.41 Å². The molecule has 0 radical (unpaired) electrons. The van der Waals surface area contributed by atoms with Crippen molar-refractivity contribution < 1.29 is 9.59 Å². The lowest BCUT2D eigenvalue weighted by Crippen LogP contribution is -2.34. The van der Waals surface area contributed by atoms with Crippen molar-refractivity contribution in [1.29, 1.82) is 0 Å². The second-order valence-electron chi connectivity index (χ2n) is 7.26. The fourth-order valence-electron chi connectivity index (χ4n) is 3.13. The normalized spacial score (nSPS) is 15.5. The SMILES string of the molecule is CC1(C)CC(=O)c2cc(C(=O)NCc3ccc(Br)cc3Cl)c(=O)[nH]c2C1. The van der Waals surface area contributed by atoms with Crippen LogP contribution in [0.5, 0.6) is 0 Å². The molecule has 26 heavy (non-hydrogen) atoms. The molecule has 1 aliphatic rings. The summed E-state index contributed by atoms with van der Waals surface area (Å²) in [6.45, 7) is 4.14. The minimum atomic E-state index is -0.536. The molecule has 1 aliphatic carbocycles. The molecule has 0 atom stereocenters. The first-order valence-corrected chi connectivity index (χ1v) is 9.35. The molecule has 2 aromatic rings. The van der Waals surface area contributed by atoms with Gasteiger partial charge in [-0.25, -0.2) is 0 Å². The summed E-state index contributed by atoms with van der Waals surface area (Å²) in [5.41, 5.74) is 1.00. The number of aromatic amines is 1. The topological polar surface area (TPSA) is 79.0 Å². The van der Waals surface area contributed by atoms with Crippen molar-refractivity contribution in [3.63, 3.8) is 0 Å². The largest absolute Gasteiger partial charge is 0.348 e. The number of aromatic nitrogens is 1. The molecule has 5 nitrogen and oxygen atoms in total. The lowest BCUT2D eigenvalue weighted by molar-refractivity contribution is 0.0910. The van der Waals surface area contributed by atoms with Gasteiger partial charge in [-0.2, -0.15) is 0 Å². The second-order valence-corrected chi connectivity index (χ2v) is 8.59. The maximum atomic E-state index is 12.4. The predicted molar refractivity (Wildman–Crippen MR) is 104 cm³/mol. The van der Waals surface area contributed by atoms with E-state index < -0.39 is 11.5 Å². The van der Waals surface area contributed by atoms with Gasteiger partial charge in [-0.3, -0.25) is 14.4 Å².